The van der Waals surface area contributed by atoms with Crippen molar-refractivity contribution in [1.82, 2.24) is 15.1 Å². The van der Waals surface area contributed by atoms with E-state index in [-0.39, 0.29) is 5.75 Å². The highest BCUT2D eigenvalue weighted by Crippen LogP contribution is 2.22. The molecule has 7 heteroatoms. The zero-order valence-corrected chi connectivity index (χ0v) is 11.5. The molecule has 1 heterocycles. The van der Waals surface area contributed by atoms with Crippen molar-refractivity contribution in [3.05, 3.63) is 47.8 Å². The van der Waals surface area contributed by atoms with Crippen molar-refractivity contribution in [3.63, 3.8) is 0 Å². The van der Waals surface area contributed by atoms with E-state index in [4.69, 9.17) is 0 Å². The predicted molar refractivity (Wildman–Crippen MR) is 71.7 cm³/mol. The molecule has 0 spiro atoms. The van der Waals surface area contributed by atoms with Crippen LogP contribution in [0, 0.1) is 0 Å². The fraction of sp³-hybridized carbons (Fsp3) is 0.357. The summed E-state index contributed by atoms with van der Waals surface area (Å²) in [6.45, 7) is 1.35. The number of hydrogen-bond donors (Lipinski definition) is 1. The summed E-state index contributed by atoms with van der Waals surface area (Å²) >= 11 is 0. The molecule has 0 atom stereocenters. The van der Waals surface area contributed by atoms with Crippen LogP contribution in [0.5, 0.6) is 5.75 Å². The summed E-state index contributed by atoms with van der Waals surface area (Å²) in [5.74, 6) is -0.207. The zero-order valence-electron chi connectivity index (χ0n) is 11.5. The first-order chi connectivity index (χ1) is 9.94. The molecule has 0 aliphatic carbocycles. The largest absolute Gasteiger partial charge is 0.573 e. The van der Waals surface area contributed by atoms with Crippen LogP contribution in [0.1, 0.15) is 11.3 Å². The van der Waals surface area contributed by atoms with Gasteiger partial charge in [0.2, 0.25) is 0 Å². The average molecular weight is 299 g/mol. The molecule has 0 aliphatic rings. The third-order valence-corrected chi connectivity index (χ3v) is 2.97. The lowest BCUT2D eigenvalue weighted by Gasteiger charge is -2.09. The molecule has 0 aliphatic heterocycles. The number of nitrogens with zero attached hydrogens (tertiary/aromatic N) is 2. The molecule has 2 aromatic rings. The van der Waals surface area contributed by atoms with Crippen LogP contribution in [-0.2, 0) is 20.0 Å². The maximum absolute atomic E-state index is 12.0. The van der Waals surface area contributed by atoms with Gasteiger partial charge in [0.25, 0.3) is 0 Å². The molecule has 0 unspecified atom stereocenters. The van der Waals surface area contributed by atoms with Crippen LogP contribution >= 0.6 is 0 Å². The minimum atomic E-state index is -4.65. The molecule has 0 fully saturated rings. The highest BCUT2D eigenvalue weighted by atomic mass is 19.4. The maximum Gasteiger partial charge on any atom is 0.573 e. The Balaban J connectivity index is 1.75. The van der Waals surface area contributed by atoms with Crippen molar-refractivity contribution in [2.24, 2.45) is 7.05 Å². The number of rotatable bonds is 6. The number of alkyl halides is 3. The van der Waals surface area contributed by atoms with Crippen LogP contribution in [0.4, 0.5) is 13.2 Å². The SMILES string of the molecule is Cn1nccc1CCNCc1ccc(OC(F)(F)F)cc1. The molecule has 21 heavy (non-hydrogen) atoms. The lowest BCUT2D eigenvalue weighted by Crippen LogP contribution is -2.18. The molecule has 0 saturated heterocycles. The minimum Gasteiger partial charge on any atom is -0.406 e. The second-order valence-electron chi connectivity index (χ2n) is 4.56. The topological polar surface area (TPSA) is 39.1 Å². The van der Waals surface area contributed by atoms with Crippen LogP contribution in [-0.4, -0.2) is 22.7 Å². The van der Waals surface area contributed by atoms with E-state index in [1.807, 2.05) is 17.8 Å². The van der Waals surface area contributed by atoms with Gasteiger partial charge in [-0.3, -0.25) is 4.68 Å². The van der Waals surface area contributed by atoms with Crippen molar-refractivity contribution < 1.29 is 17.9 Å². The number of hydrogen-bond acceptors (Lipinski definition) is 3. The van der Waals surface area contributed by atoms with Crippen LogP contribution in [0.2, 0.25) is 0 Å². The van der Waals surface area contributed by atoms with E-state index in [1.165, 1.54) is 12.1 Å². The van der Waals surface area contributed by atoms with Gasteiger partial charge in [0.15, 0.2) is 0 Å². The van der Waals surface area contributed by atoms with Crippen molar-refractivity contribution in [1.29, 1.82) is 0 Å². The lowest BCUT2D eigenvalue weighted by atomic mass is 10.2. The molecule has 2 rings (SSSR count). The van der Waals surface area contributed by atoms with Gasteiger partial charge < -0.3 is 10.1 Å². The van der Waals surface area contributed by atoms with Crippen molar-refractivity contribution in [2.75, 3.05) is 6.54 Å². The van der Waals surface area contributed by atoms with E-state index in [2.05, 4.69) is 15.2 Å². The minimum absolute atomic E-state index is 0.207. The van der Waals surface area contributed by atoms with Gasteiger partial charge >= 0.3 is 6.36 Å². The van der Waals surface area contributed by atoms with Crippen LogP contribution in [0.25, 0.3) is 0 Å². The summed E-state index contributed by atoms with van der Waals surface area (Å²) in [4.78, 5) is 0. The molecule has 0 saturated carbocycles. The molecular weight excluding hydrogens is 283 g/mol. The number of ether oxygens (including phenoxy) is 1. The first-order valence-electron chi connectivity index (χ1n) is 6.46. The zero-order chi connectivity index (χ0) is 15.3. The van der Waals surface area contributed by atoms with Crippen molar-refractivity contribution in [3.8, 4) is 5.75 Å². The normalized spacial score (nSPS) is 11.6. The Morgan fingerprint density at radius 2 is 1.90 bits per heavy atom. The quantitative estimate of drug-likeness (QED) is 0.834. The molecular formula is C14H16F3N3O. The Morgan fingerprint density at radius 1 is 1.19 bits per heavy atom. The van der Waals surface area contributed by atoms with Gasteiger partial charge in [-0.25, -0.2) is 0 Å². The summed E-state index contributed by atoms with van der Waals surface area (Å²) in [6, 6.07) is 7.79. The Kier molecular flexibility index (Phi) is 4.85. The summed E-state index contributed by atoms with van der Waals surface area (Å²) in [6.07, 6.45) is -2.07. The molecule has 1 N–H and O–H groups in total. The van der Waals surface area contributed by atoms with E-state index < -0.39 is 6.36 Å². The van der Waals surface area contributed by atoms with E-state index >= 15 is 0 Å². The third kappa shape index (κ3) is 5.11. The fourth-order valence-electron chi connectivity index (χ4n) is 1.90. The smallest absolute Gasteiger partial charge is 0.406 e. The number of aryl methyl sites for hydroxylation is 1. The van der Waals surface area contributed by atoms with E-state index in [1.54, 1.807) is 18.3 Å². The summed E-state index contributed by atoms with van der Waals surface area (Å²) in [5, 5.41) is 7.31. The fourth-order valence-corrected chi connectivity index (χ4v) is 1.90. The van der Waals surface area contributed by atoms with E-state index in [0.29, 0.717) is 6.54 Å². The van der Waals surface area contributed by atoms with Crippen molar-refractivity contribution >= 4 is 0 Å². The summed E-state index contributed by atoms with van der Waals surface area (Å²) in [7, 11) is 1.88. The van der Waals surface area contributed by atoms with Gasteiger partial charge in [0, 0.05) is 38.4 Å². The second-order valence-corrected chi connectivity index (χ2v) is 4.56. The standard InChI is InChI=1S/C14H16F3N3O/c1-20-12(7-9-19-20)6-8-18-10-11-2-4-13(5-3-11)21-14(15,16)17/h2-5,7,9,18H,6,8,10H2,1H3. The first kappa shape index (κ1) is 15.4. The number of benzene rings is 1. The van der Waals surface area contributed by atoms with Gasteiger partial charge in [-0.2, -0.15) is 5.10 Å². The lowest BCUT2D eigenvalue weighted by molar-refractivity contribution is -0.274. The molecule has 114 valence electrons. The van der Waals surface area contributed by atoms with Crippen molar-refractivity contribution in [2.45, 2.75) is 19.3 Å². The van der Waals surface area contributed by atoms with Gasteiger partial charge in [0.1, 0.15) is 5.75 Å². The average Bonchev–Trinajstić information content (AvgIpc) is 2.80. The van der Waals surface area contributed by atoms with E-state index in [0.717, 1.165) is 24.2 Å². The van der Waals surface area contributed by atoms with E-state index in [9.17, 15) is 13.2 Å². The van der Waals surface area contributed by atoms with Gasteiger partial charge in [-0.05, 0) is 23.8 Å². The molecule has 0 amide bonds. The predicted octanol–water partition coefficient (Wildman–Crippen LogP) is 2.65. The van der Waals surface area contributed by atoms with Crippen LogP contribution in [0.3, 0.4) is 0 Å². The first-order valence-corrected chi connectivity index (χ1v) is 6.46. The monoisotopic (exact) mass is 299 g/mol. The number of halogens is 3. The third-order valence-electron chi connectivity index (χ3n) is 2.97. The second kappa shape index (κ2) is 6.62. The van der Waals surface area contributed by atoms with Gasteiger partial charge in [-0.15, -0.1) is 13.2 Å². The molecule has 4 nitrogen and oxygen atoms in total. The molecule has 0 bridgehead atoms. The highest BCUT2D eigenvalue weighted by Gasteiger charge is 2.30. The Bertz CT molecular complexity index is 564. The molecule has 1 aromatic heterocycles. The Labute approximate surface area is 120 Å². The van der Waals surface area contributed by atoms with Crippen LogP contribution < -0.4 is 10.1 Å². The molecule has 1 aromatic carbocycles. The number of aromatic nitrogens is 2. The Hall–Kier alpha value is -2.02. The highest BCUT2D eigenvalue weighted by molar-refractivity contribution is 5.27. The Morgan fingerprint density at radius 3 is 2.48 bits per heavy atom. The molecule has 0 radical (unpaired) electrons. The summed E-state index contributed by atoms with van der Waals surface area (Å²) in [5.41, 5.74) is 2.02. The van der Waals surface area contributed by atoms with Gasteiger partial charge in [-0.1, -0.05) is 12.1 Å². The maximum atomic E-state index is 12.0. The summed E-state index contributed by atoms with van der Waals surface area (Å²) < 4.78 is 41.7. The number of nitrogens with one attached hydrogen (secondary N) is 1. The van der Waals surface area contributed by atoms with Crippen LogP contribution in [0.15, 0.2) is 36.5 Å². The van der Waals surface area contributed by atoms with Gasteiger partial charge in [0.05, 0.1) is 0 Å².